The second-order valence-corrected chi connectivity index (χ2v) is 7.76. The summed E-state index contributed by atoms with van der Waals surface area (Å²) in [6.45, 7) is 4.75. The molecule has 4 rings (SSSR count). The van der Waals surface area contributed by atoms with E-state index in [0.717, 1.165) is 36.3 Å². The van der Waals surface area contributed by atoms with Crippen LogP contribution in [0.3, 0.4) is 0 Å². The summed E-state index contributed by atoms with van der Waals surface area (Å²) in [5, 5.41) is 0. The van der Waals surface area contributed by atoms with Gasteiger partial charge in [-0.2, -0.15) is 0 Å². The van der Waals surface area contributed by atoms with E-state index < -0.39 is 5.60 Å². The number of benzene rings is 1. The number of nitrogens with zero attached hydrogens (tertiary/aromatic N) is 4. The van der Waals surface area contributed by atoms with E-state index in [1.54, 1.807) is 16.6 Å². The first kappa shape index (κ1) is 17.9. The second-order valence-electron chi connectivity index (χ2n) is 7.76. The van der Waals surface area contributed by atoms with Crippen molar-refractivity contribution in [3.8, 4) is 5.69 Å². The Kier molecular flexibility index (Phi) is 4.34. The first-order valence-electron chi connectivity index (χ1n) is 9.40. The van der Waals surface area contributed by atoms with Crippen molar-refractivity contribution in [3.63, 3.8) is 0 Å². The predicted octanol–water partition coefficient (Wildman–Crippen LogP) is 1.90. The fourth-order valence-electron chi connectivity index (χ4n) is 4.36. The van der Waals surface area contributed by atoms with Gasteiger partial charge in [-0.25, -0.2) is 9.48 Å². The Balaban J connectivity index is 1.60. The molecule has 0 bridgehead atoms. The Hall–Kier alpha value is -2.54. The fourth-order valence-corrected chi connectivity index (χ4v) is 4.36. The van der Waals surface area contributed by atoms with Crippen molar-refractivity contribution < 1.29 is 9.53 Å². The highest BCUT2D eigenvalue weighted by atomic mass is 16.6. The second kappa shape index (κ2) is 6.56. The number of likely N-dealkylation sites (tertiary alicyclic amines) is 1. The Morgan fingerprint density at radius 1 is 1.11 bits per heavy atom. The summed E-state index contributed by atoms with van der Waals surface area (Å²) < 4.78 is 9.31. The number of piperidine rings is 1. The number of carbonyl (C=O) groups excluding carboxylic acids is 1. The van der Waals surface area contributed by atoms with Gasteiger partial charge in [0.1, 0.15) is 5.60 Å². The van der Waals surface area contributed by atoms with Crippen molar-refractivity contribution in [3.05, 3.63) is 51.9 Å². The largest absolute Gasteiger partial charge is 0.440 e. The molecule has 27 heavy (non-hydrogen) atoms. The van der Waals surface area contributed by atoms with E-state index >= 15 is 0 Å². The third kappa shape index (κ3) is 3.06. The third-order valence-electron chi connectivity index (χ3n) is 5.81. The molecule has 7 heteroatoms. The molecule has 2 aromatic rings. The highest BCUT2D eigenvalue weighted by molar-refractivity contribution is 5.70. The van der Waals surface area contributed by atoms with Crippen molar-refractivity contribution in [1.29, 1.82) is 0 Å². The minimum atomic E-state index is -0.439. The van der Waals surface area contributed by atoms with Crippen LogP contribution in [-0.2, 0) is 18.3 Å². The molecule has 0 saturated carbocycles. The minimum Gasteiger partial charge on any atom is -0.440 e. The highest BCUT2D eigenvalue weighted by Crippen LogP contribution is 2.32. The van der Waals surface area contributed by atoms with E-state index in [0.29, 0.717) is 19.6 Å². The number of hydrogen-bond donors (Lipinski definition) is 0. The van der Waals surface area contributed by atoms with Gasteiger partial charge in [0.2, 0.25) is 0 Å². The molecule has 0 aliphatic carbocycles. The zero-order chi connectivity index (χ0) is 19.2. The van der Waals surface area contributed by atoms with Crippen molar-refractivity contribution in [1.82, 2.24) is 19.2 Å². The number of likely N-dealkylation sites (N-methyl/N-ethyl adjacent to an activating group) is 1. The average Bonchev–Trinajstić information content (AvgIpc) is 3.03. The molecule has 1 spiro atoms. The Bertz CT molecular complexity index is 917. The van der Waals surface area contributed by atoms with Crippen LogP contribution in [0.4, 0.5) is 4.79 Å². The number of carbonyl (C=O) groups is 1. The van der Waals surface area contributed by atoms with Gasteiger partial charge in [-0.05, 0) is 38.4 Å². The molecule has 3 heterocycles. The van der Waals surface area contributed by atoms with Crippen LogP contribution < -0.4 is 5.56 Å². The third-order valence-corrected chi connectivity index (χ3v) is 5.81. The van der Waals surface area contributed by atoms with Gasteiger partial charge in [0, 0.05) is 32.9 Å². The normalized spacial score (nSPS) is 23.2. The molecular weight excluding hydrogens is 344 g/mol. The average molecular weight is 370 g/mol. The zero-order valence-corrected chi connectivity index (χ0v) is 16.1. The predicted molar refractivity (Wildman–Crippen MR) is 102 cm³/mol. The molecule has 2 aliphatic heterocycles. The summed E-state index contributed by atoms with van der Waals surface area (Å²) in [6, 6.07) is 9.69. The van der Waals surface area contributed by atoms with Crippen LogP contribution >= 0.6 is 0 Å². The van der Waals surface area contributed by atoms with Crippen LogP contribution in [0.2, 0.25) is 0 Å². The van der Waals surface area contributed by atoms with Crippen LogP contribution in [0.1, 0.15) is 24.1 Å². The molecular formula is C20H26N4O3. The number of rotatable bonds is 3. The first-order valence-corrected chi connectivity index (χ1v) is 9.40. The van der Waals surface area contributed by atoms with E-state index in [-0.39, 0.29) is 11.7 Å². The Morgan fingerprint density at radius 3 is 2.52 bits per heavy atom. The molecule has 7 nitrogen and oxygen atoms in total. The van der Waals surface area contributed by atoms with Gasteiger partial charge < -0.3 is 9.64 Å². The lowest BCUT2D eigenvalue weighted by molar-refractivity contribution is -0.0114. The zero-order valence-electron chi connectivity index (χ0n) is 16.1. The lowest BCUT2D eigenvalue weighted by Crippen LogP contribution is -2.50. The van der Waals surface area contributed by atoms with Crippen LogP contribution in [0.15, 0.2) is 35.1 Å². The molecule has 144 valence electrons. The maximum atomic E-state index is 13.1. The summed E-state index contributed by atoms with van der Waals surface area (Å²) >= 11 is 0. The van der Waals surface area contributed by atoms with Gasteiger partial charge in [0.25, 0.3) is 5.56 Å². The van der Waals surface area contributed by atoms with E-state index in [4.69, 9.17) is 4.74 Å². The summed E-state index contributed by atoms with van der Waals surface area (Å²) in [7, 11) is 3.69. The van der Waals surface area contributed by atoms with Gasteiger partial charge >= 0.3 is 6.09 Å². The van der Waals surface area contributed by atoms with Crippen LogP contribution in [0, 0.1) is 6.92 Å². The first-order chi connectivity index (χ1) is 12.9. The van der Waals surface area contributed by atoms with Gasteiger partial charge in [-0.1, -0.05) is 18.2 Å². The molecule has 0 radical (unpaired) electrons. The summed E-state index contributed by atoms with van der Waals surface area (Å²) in [6.07, 6.45) is 1.58. The van der Waals surface area contributed by atoms with Gasteiger partial charge in [-0.3, -0.25) is 14.4 Å². The quantitative estimate of drug-likeness (QED) is 0.828. The van der Waals surface area contributed by atoms with Gasteiger partial charge in [0.05, 0.1) is 17.8 Å². The summed E-state index contributed by atoms with van der Waals surface area (Å²) in [4.78, 5) is 28.9. The Labute approximate surface area is 158 Å². The van der Waals surface area contributed by atoms with Crippen LogP contribution in [-0.4, -0.2) is 57.5 Å². The summed E-state index contributed by atoms with van der Waals surface area (Å²) in [5.74, 6) is 0. The van der Waals surface area contributed by atoms with E-state index in [1.807, 2.05) is 49.0 Å². The number of hydrogen-bond acceptors (Lipinski definition) is 4. The van der Waals surface area contributed by atoms with Crippen molar-refractivity contribution in [2.75, 3.05) is 26.7 Å². The van der Waals surface area contributed by atoms with Gasteiger partial charge in [0.15, 0.2) is 0 Å². The SMILES string of the molecule is Cc1c(CN2CCCC3(C2)CN(C)C(=O)O3)c(=O)n(-c2ccccc2)n1C. The molecule has 1 aromatic carbocycles. The molecule has 1 aromatic heterocycles. The van der Waals surface area contributed by atoms with Crippen molar-refractivity contribution >= 4 is 6.09 Å². The molecule has 0 N–H and O–H groups in total. The smallest absolute Gasteiger partial charge is 0.410 e. The number of amides is 1. The number of para-hydroxylation sites is 1. The molecule has 2 saturated heterocycles. The van der Waals surface area contributed by atoms with Crippen molar-refractivity contribution in [2.24, 2.45) is 7.05 Å². The lowest BCUT2D eigenvalue weighted by Gasteiger charge is -2.38. The maximum Gasteiger partial charge on any atom is 0.410 e. The maximum absolute atomic E-state index is 13.1. The topological polar surface area (TPSA) is 59.7 Å². The lowest BCUT2D eigenvalue weighted by atomic mass is 9.92. The monoisotopic (exact) mass is 370 g/mol. The number of ether oxygens (including phenoxy) is 1. The van der Waals surface area contributed by atoms with E-state index in [1.165, 1.54) is 0 Å². The molecule has 2 fully saturated rings. The minimum absolute atomic E-state index is 0.0151. The fraction of sp³-hybridized carbons (Fsp3) is 0.500. The highest BCUT2D eigenvalue weighted by Gasteiger charge is 2.46. The molecule has 1 atom stereocenters. The van der Waals surface area contributed by atoms with Crippen LogP contribution in [0.5, 0.6) is 0 Å². The van der Waals surface area contributed by atoms with E-state index in [9.17, 15) is 9.59 Å². The van der Waals surface area contributed by atoms with E-state index in [2.05, 4.69) is 4.90 Å². The Morgan fingerprint density at radius 2 is 1.85 bits per heavy atom. The standard InChI is InChI=1S/C20H26N4O3/c1-15-17(18(25)24(22(15)3)16-8-5-4-6-9-16)12-23-11-7-10-20(14-23)13-21(2)19(26)27-20/h4-6,8-9H,7,10-14H2,1-3H3. The molecule has 2 aliphatic rings. The molecule has 1 amide bonds. The summed E-state index contributed by atoms with van der Waals surface area (Å²) in [5.41, 5.74) is 2.20. The van der Waals surface area contributed by atoms with Crippen LogP contribution in [0.25, 0.3) is 5.69 Å². The van der Waals surface area contributed by atoms with Crippen molar-refractivity contribution in [2.45, 2.75) is 31.9 Å². The van der Waals surface area contributed by atoms with Gasteiger partial charge in [-0.15, -0.1) is 0 Å². The molecule has 1 unspecified atom stereocenters. The number of aromatic nitrogens is 2.